The number of β-lactam (4-membered cyclic amide) rings is 1. The Bertz CT molecular complexity index is 846. The lowest BCUT2D eigenvalue weighted by Gasteiger charge is -2.53. The van der Waals surface area contributed by atoms with Crippen molar-refractivity contribution in [2.45, 2.75) is 30.8 Å². The zero-order chi connectivity index (χ0) is 17.8. The van der Waals surface area contributed by atoms with Gasteiger partial charge in [-0.2, -0.15) is 0 Å². The molecule has 2 heterocycles. The number of rotatable bonds is 3. The van der Waals surface area contributed by atoms with Gasteiger partial charge in [0, 0.05) is 11.6 Å². The van der Waals surface area contributed by atoms with E-state index in [-0.39, 0.29) is 24.4 Å². The number of carbonyl (C=O) groups is 2. The molecule has 3 N–H and O–H groups in total. The van der Waals surface area contributed by atoms with E-state index in [0.717, 1.165) is 16.7 Å². The number of nitrogens with zero attached hydrogens (tertiary/aromatic N) is 1. The number of Topliss-reactive ketones (excluding diaryl/α,β-unsaturated/α-hetero) is 1. The standard InChI is InChI=1S/C17H15NO7/c19-11-7-17(18(11)24-8-9-4-2-1-3-5-9)15(22)13(21)10-6-12(20)25-14(10)16(17)23/h1-6,13,15,20-22H,7-8H2/t13-,15-,17+/m1/s1. The first kappa shape index (κ1) is 15.8. The number of carbonyl (C=O) groups excluding carboxylic acids is 2. The number of ketones is 1. The average Bonchev–Trinajstić information content (AvgIpc) is 2.99. The van der Waals surface area contributed by atoms with Gasteiger partial charge in [-0.05, 0) is 5.56 Å². The van der Waals surface area contributed by atoms with Crippen LogP contribution in [0.2, 0.25) is 0 Å². The molecule has 1 spiro atoms. The van der Waals surface area contributed by atoms with Crippen molar-refractivity contribution in [3.63, 3.8) is 0 Å². The quantitative estimate of drug-likeness (QED) is 0.700. The Labute approximate surface area is 141 Å². The number of benzene rings is 1. The van der Waals surface area contributed by atoms with Gasteiger partial charge in [-0.3, -0.25) is 14.4 Å². The molecule has 1 aromatic heterocycles. The van der Waals surface area contributed by atoms with Gasteiger partial charge in [0.2, 0.25) is 11.7 Å². The molecule has 0 unspecified atom stereocenters. The molecule has 1 amide bonds. The van der Waals surface area contributed by atoms with E-state index in [2.05, 4.69) is 0 Å². The Hall–Kier alpha value is -2.68. The minimum absolute atomic E-state index is 0.0111. The molecular formula is C17H15NO7. The lowest BCUT2D eigenvalue weighted by molar-refractivity contribution is -0.275. The van der Waals surface area contributed by atoms with Crippen LogP contribution in [0.15, 0.2) is 40.8 Å². The highest BCUT2D eigenvalue weighted by molar-refractivity contribution is 6.11. The molecule has 0 bridgehead atoms. The number of amides is 1. The Kier molecular flexibility index (Phi) is 3.43. The van der Waals surface area contributed by atoms with Crippen LogP contribution in [0.4, 0.5) is 0 Å². The summed E-state index contributed by atoms with van der Waals surface area (Å²) in [6.45, 7) is 0.0146. The Morgan fingerprint density at radius 1 is 1.24 bits per heavy atom. The summed E-state index contributed by atoms with van der Waals surface area (Å²) in [4.78, 5) is 30.3. The molecule has 1 aliphatic heterocycles. The summed E-state index contributed by atoms with van der Waals surface area (Å²) in [7, 11) is 0. The molecule has 0 radical (unpaired) electrons. The summed E-state index contributed by atoms with van der Waals surface area (Å²) >= 11 is 0. The first-order valence-electron chi connectivity index (χ1n) is 7.68. The van der Waals surface area contributed by atoms with Crippen LogP contribution in [0, 0.1) is 0 Å². The molecule has 1 aliphatic carbocycles. The van der Waals surface area contributed by atoms with Crippen LogP contribution in [0.5, 0.6) is 5.95 Å². The second kappa shape index (κ2) is 5.41. The summed E-state index contributed by atoms with van der Waals surface area (Å²) in [5.41, 5.74) is -1.00. The van der Waals surface area contributed by atoms with Crippen LogP contribution in [0.3, 0.4) is 0 Å². The van der Waals surface area contributed by atoms with Crippen molar-refractivity contribution in [1.29, 1.82) is 0 Å². The first-order chi connectivity index (χ1) is 11.9. The Morgan fingerprint density at radius 2 is 1.96 bits per heavy atom. The lowest BCUT2D eigenvalue weighted by atomic mass is 9.69. The predicted molar refractivity (Wildman–Crippen MR) is 81.1 cm³/mol. The topological polar surface area (TPSA) is 120 Å². The van der Waals surface area contributed by atoms with Gasteiger partial charge in [0.1, 0.15) is 18.8 Å². The molecule has 3 atom stereocenters. The molecule has 25 heavy (non-hydrogen) atoms. The number of hydrogen-bond donors (Lipinski definition) is 3. The molecule has 0 saturated carbocycles. The van der Waals surface area contributed by atoms with Gasteiger partial charge in [0.25, 0.3) is 5.95 Å². The Balaban J connectivity index is 1.66. The van der Waals surface area contributed by atoms with Gasteiger partial charge in [-0.25, -0.2) is 5.06 Å². The number of fused-ring (bicyclic) bond motifs is 1. The van der Waals surface area contributed by atoms with Crippen molar-refractivity contribution in [3.05, 3.63) is 53.3 Å². The monoisotopic (exact) mass is 345 g/mol. The largest absolute Gasteiger partial charge is 0.481 e. The number of aliphatic hydroxyl groups is 2. The van der Waals surface area contributed by atoms with Gasteiger partial charge < -0.3 is 19.7 Å². The molecule has 8 heteroatoms. The third kappa shape index (κ3) is 2.12. The van der Waals surface area contributed by atoms with Gasteiger partial charge in [0.15, 0.2) is 11.3 Å². The van der Waals surface area contributed by atoms with E-state index >= 15 is 0 Å². The third-order valence-electron chi connectivity index (χ3n) is 4.67. The van der Waals surface area contributed by atoms with E-state index in [9.17, 15) is 24.9 Å². The minimum atomic E-state index is -1.76. The highest BCUT2D eigenvalue weighted by Crippen LogP contribution is 2.48. The smallest absolute Gasteiger partial charge is 0.282 e. The van der Waals surface area contributed by atoms with E-state index in [1.165, 1.54) is 0 Å². The molecule has 130 valence electrons. The van der Waals surface area contributed by atoms with E-state index in [0.29, 0.717) is 0 Å². The molecule has 1 aromatic carbocycles. The predicted octanol–water partition coefficient (Wildman–Crippen LogP) is 0.679. The molecule has 8 nitrogen and oxygen atoms in total. The highest BCUT2D eigenvalue weighted by atomic mass is 16.7. The van der Waals surface area contributed by atoms with Gasteiger partial charge in [-0.1, -0.05) is 30.3 Å². The maximum Gasteiger partial charge on any atom is 0.282 e. The fraction of sp³-hybridized carbons (Fsp3) is 0.294. The van der Waals surface area contributed by atoms with Crippen LogP contribution >= 0.6 is 0 Å². The van der Waals surface area contributed by atoms with Gasteiger partial charge >= 0.3 is 0 Å². The number of hydrogen-bond acceptors (Lipinski definition) is 7. The molecule has 2 aromatic rings. The number of furan rings is 1. The maximum absolute atomic E-state index is 12.8. The third-order valence-corrected chi connectivity index (χ3v) is 4.67. The molecule has 1 saturated heterocycles. The zero-order valence-electron chi connectivity index (χ0n) is 13.0. The zero-order valence-corrected chi connectivity index (χ0v) is 13.0. The van der Waals surface area contributed by atoms with Crippen molar-refractivity contribution in [1.82, 2.24) is 5.06 Å². The van der Waals surface area contributed by atoms with E-state index in [1.54, 1.807) is 24.3 Å². The maximum atomic E-state index is 12.8. The summed E-state index contributed by atoms with van der Waals surface area (Å²) in [5.74, 6) is -2.04. The number of aliphatic hydroxyl groups excluding tert-OH is 2. The van der Waals surface area contributed by atoms with Crippen molar-refractivity contribution < 1.29 is 34.2 Å². The van der Waals surface area contributed by atoms with Crippen molar-refractivity contribution in [2.24, 2.45) is 0 Å². The van der Waals surface area contributed by atoms with E-state index in [4.69, 9.17) is 9.25 Å². The second-order valence-corrected chi connectivity index (χ2v) is 6.14. The lowest BCUT2D eigenvalue weighted by Crippen LogP contribution is -2.75. The van der Waals surface area contributed by atoms with Crippen LogP contribution in [0.1, 0.15) is 34.2 Å². The fourth-order valence-corrected chi connectivity index (χ4v) is 3.35. The minimum Gasteiger partial charge on any atom is -0.481 e. The van der Waals surface area contributed by atoms with Crippen LogP contribution < -0.4 is 0 Å². The molecule has 1 fully saturated rings. The number of hydroxylamine groups is 2. The fourth-order valence-electron chi connectivity index (χ4n) is 3.35. The summed E-state index contributed by atoms with van der Waals surface area (Å²) in [6, 6.07) is 10.1. The Morgan fingerprint density at radius 3 is 2.64 bits per heavy atom. The molecule has 2 aliphatic rings. The van der Waals surface area contributed by atoms with Crippen molar-refractivity contribution in [3.8, 4) is 5.95 Å². The SMILES string of the molecule is O=C1C[C@]2(C(=O)c3oc(O)cc3[C@@H](O)[C@H]2O)N1OCc1ccccc1. The highest BCUT2D eigenvalue weighted by Gasteiger charge is 2.67. The van der Waals surface area contributed by atoms with Crippen LogP contribution in [-0.4, -0.2) is 43.7 Å². The van der Waals surface area contributed by atoms with Gasteiger partial charge in [0.05, 0.1) is 6.42 Å². The second-order valence-electron chi connectivity index (χ2n) is 6.14. The molecular weight excluding hydrogens is 330 g/mol. The van der Waals surface area contributed by atoms with Crippen LogP contribution in [-0.2, 0) is 16.2 Å². The summed E-state index contributed by atoms with van der Waals surface area (Å²) < 4.78 is 4.96. The average molecular weight is 345 g/mol. The van der Waals surface area contributed by atoms with Gasteiger partial charge in [-0.15, -0.1) is 0 Å². The van der Waals surface area contributed by atoms with E-state index < -0.39 is 35.4 Å². The van der Waals surface area contributed by atoms with E-state index in [1.807, 2.05) is 6.07 Å². The summed E-state index contributed by atoms with van der Waals surface area (Å²) in [5, 5.41) is 31.0. The number of aromatic hydroxyl groups is 1. The summed E-state index contributed by atoms with van der Waals surface area (Å²) in [6.07, 6.45) is -3.41. The molecule has 4 rings (SSSR count). The normalized spacial score (nSPS) is 28.2. The van der Waals surface area contributed by atoms with Crippen molar-refractivity contribution in [2.75, 3.05) is 0 Å². The first-order valence-corrected chi connectivity index (χ1v) is 7.68. The van der Waals surface area contributed by atoms with Crippen molar-refractivity contribution >= 4 is 11.7 Å². The van der Waals surface area contributed by atoms with Crippen LogP contribution in [0.25, 0.3) is 0 Å².